The van der Waals surface area contributed by atoms with Gasteiger partial charge in [0.15, 0.2) is 0 Å². The molecule has 1 fully saturated rings. The summed E-state index contributed by atoms with van der Waals surface area (Å²) in [5, 5.41) is 6.38. The summed E-state index contributed by atoms with van der Waals surface area (Å²) in [4.78, 5) is 24.8. The third-order valence-corrected chi connectivity index (χ3v) is 5.17. The van der Waals surface area contributed by atoms with Crippen molar-refractivity contribution in [2.45, 2.75) is 18.9 Å². The normalized spacial score (nSPS) is 16.3. The molecule has 1 saturated heterocycles. The highest BCUT2D eigenvalue weighted by Crippen LogP contribution is 2.26. The molecule has 1 aliphatic heterocycles. The molecule has 1 unspecified atom stereocenters. The van der Waals surface area contributed by atoms with Crippen molar-refractivity contribution in [3.8, 4) is 0 Å². The van der Waals surface area contributed by atoms with Crippen molar-refractivity contribution in [3.63, 3.8) is 0 Å². The largest absolute Gasteiger partial charge is 0.376 e. The van der Waals surface area contributed by atoms with E-state index in [9.17, 15) is 9.59 Å². The number of rotatable bonds is 6. The Labute approximate surface area is 173 Å². The molecule has 1 heterocycles. The number of hydrogen-bond acceptors (Lipinski definition) is 3. The molecule has 3 rings (SSSR count). The van der Waals surface area contributed by atoms with Gasteiger partial charge in [-0.25, -0.2) is 0 Å². The van der Waals surface area contributed by atoms with Gasteiger partial charge in [0, 0.05) is 19.2 Å². The zero-order valence-corrected chi connectivity index (χ0v) is 16.6. The summed E-state index contributed by atoms with van der Waals surface area (Å²) in [6.07, 6.45) is 4.92. The maximum atomic E-state index is 12.5. The van der Waals surface area contributed by atoms with Crippen LogP contribution >= 0.6 is 23.2 Å². The molecule has 1 atom stereocenters. The van der Waals surface area contributed by atoms with Gasteiger partial charge in [-0.05, 0) is 42.7 Å². The molecular formula is C21H20Cl2N2O3. The van der Waals surface area contributed by atoms with E-state index in [0.29, 0.717) is 33.4 Å². The molecule has 0 aliphatic carbocycles. The first kappa shape index (κ1) is 20.4. The first-order valence-corrected chi connectivity index (χ1v) is 9.72. The minimum atomic E-state index is -0.379. The van der Waals surface area contributed by atoms with Crippen LogP contribution in [0.25, 0.3) is 6.08 Å². The molecule has 0 saturated carbocycles. The minimum absolute atomic E-state index is 0.0519. The van der Waals surface area contributed by atoms with Gasteiger partial charge < -0.3 is 15.4 Å². The van der Waals surface area contributed by atoms with Crippen molar-refractivity contribution < 1.29 is 14.3 Å². The molecule has 28 heavy (non-hydrogen) atoms. The molecule has 5 nitrogen and oxygen atoms in total. The van der Waals surface area contributed by atoms with Crippen LogP contribution in [-0.4, -0.2) is 31.1 Å². The average Bonchev–Trinajstić information content (AvgIpc) is 3.21. The molecular weight excluding hydrogens is 399 g/mol. The first-order valence-electron chi connectivity index (χ1n) is 8.96. The number of carbonyl (C=O) groups excluding carboxylic acids is 2. The van der Waals surface area contributed by atoms with Gasteiger partial charge in [0.2, 0.25) is 5.91 Å². The van der Waals surface area contributed by atoms with E-state index in [1.807, 2.05) is 0 Å². The quantitative estimate of drug-likeness (QED) is 0.675. The summed E-state index contributed by atoms with van der Waals surface area (Å²) in [6.45, 7) is 1.18. The van der Waals surface area contributed by atoms with Crippen molar-refractivity contribution in [2.24, 2.45) is 0 Å². The molecule has 0 spiro atoms. The summed E-state index contributed by atoms with van der Waals surface area (Å²) < 4.78 is 5.51. The first-order chi connectivity index (χ1) is 13.5. The summed E-state index contributed by atoms with van der Waals surface area (Å²) in [5.41, 5.74) is 1.45. The van der Waals surface area contributed by atoms with E-state index in [4.69, 9.17) is 27.9 Å². The number of para-hydroxylation sites is 1. The van der Waals surface area contributed by atoms with Crippen molar-refractivity contribution >= 4 is 46.8 Å². The standard InChI is InChI=1S/C21H20Cl2N2O3/c22-17-8-3-5-14(20(17)23)10-11-19(26)25-18-9-2-1-7-16(18)21(27)24-13-15-6-4-12-28-15/h1-3,5,7-11,15H,4,6,12-13H2,(H,24,27)(H,25,26)/b11-10+. The fourth-order valence-corrected chi connectivity index (χ4v) is 3.26. The summed E-state index contributed by atoms with van der Waals surface area (Å²) in [6, 6.07) is 12.0. The average molecular weight is 419 g/mol. The van der Waals surface area contributed by atoms with E-state index in [0.717, 1.165) is 19.4 Å². The molecule has 2 aromatic carbocycles. The fourth-order valence-electron chi connectivity index (χ4n) is 2.89. The van der Waals surface area contributed by atoms with Gasteiger partial charge in [-0.3, -0.25) is 9.59 Å². The van der Waals surface area contributed by atoms with Gasteiger partial charge in [0.05, 0.1) is 27.4 Å². The van der Waals surface area contributed by atoms with Gasteiger partial charge >= 0.3 is 0 Å². The fraction of sp³-hybridized carbons (Fsp3) is 0.238. The summed E-state index contributed by atoms with van der Waals surface area (Å²) >= 11 is 12.1. The Kier molecular flexibility index (Phi) is 7.09. The van der Waals surface area contributed by atoms with Crippen LogP contribution in [0.5, 0.6) is 0 Å². The summed E-state index contributed by atoms with van der Waals surface area (Å²) in [7, 11) is 0. The SMILES string of the molecule is O=C(/C=C/c1cccc(Cl)c1Cl)Nc1ccccc1C(=O)NCC1CCCO1. The molecule has 146 valence electrons. The van der Waals surface area contributed by atoms with Crippen LogP contribution in [-0.2, 0) is 9.53 Å². The third kappa shape index (κ3) is 5.35. The predicted octanol–water partition coefficient (Wildman–Crippen LogP) is 4.55. The highest BCUT2D eigenvalue weighted by atomic mass is 35.5. The second kappa shape index (κ2) is 9.73. The molecule has 2 aromatic rings. The van der Waals surface area contributed by atoms with E-state index >= 15 is 0 Å². The lowest BCUT2D eigenvalue weighted by Crippen LogP contribution is -2.32. The Bertz CT molecular complexity index is 893. The second-order valence-corrected chi connectivity index (χ2v) is 7.14. The highest BCUT2D eigenvalue weighted by molar-refractivity contribution is 6.42. The number of anilines is 1. The van der Waals surface area contributed by atoms with Crippen LogP contribution in [0.2, 0.25) is 10.0 Å². The zero-order valence-electron chi connectivity index (χ0n) is 15.1. The monoisotopic (exact) mass is 418 g/mol. The van der Waals surface area contributed by atoms with Crippen molar-refractivity contribution in [1.82, 2.24) is 5.32 Å². The Morgan fingerprint density at radius 2 is 1.96 bits per heavy atom. The lowest BCUT2D eigenvalue weighted by Gasteiger charge is -2.13. The Morgan fingerprint density at radius 3 is 2.75 bits per heavy atom. The van der Waals surface area contributed by atoms with Crippen LogP contribution in [0.1, 0.15) is 28.8 Å². The van der Waals surface area contributed by atoms with Gasteiger partial charge in [-0.1, -0.05) is 47.5 Å². The number of carbonyl (C=O) groups is 2. The highest BCUT2D eigenvalue weighted by Gasteiger charge is 2.18. The molecule has 1 aliphatic rings. The number of halogens is 2. The molecule has 0 aromatic heterocycles. The minimum Gasteiger partial charge on any atom is -0.376 e. The van der Waals surface area contributed by atoms with Gasteiger partial charge in [-0.2, -0.15) is 0 Å². The maximum absolute atomic E-state index is 12.5. The van der Waals surface area contributed by atoms with Gasteiger partial charge in [0.1, 0.15) is 0 Å². The van der Waals surface area contributed by atoms with Crippen molar-refractivity contribution in [3.05, 3.63) is 69.7 Å². The van der Waals surface area contributed by atoms with Crippen molar-refractivity contribution in [1.29, 1.82) is 0 Å². The molecule has 2 N–H and O–H groups in total. The Morgan fingerprint density at radius 1 is 1.14 bits per heavy atom. The lowest BCUT2D eigenvalue weighted by atomic mass is 10.1. The third-order valence-electron chi connectivity index (χ3n) is 4.34. The maximum Gasteiger partial charge on any atom is 0.253 e. The lowest BCUT2D eigenvalue weighted by molar-refractivity contribution is -0.111. The van der Waals surface area contributed by atoms with Crippen molar-refractivity contribution in [2.75, 3.05) is 18.5 Å². The van der Waals surface area contributed by atoms with Gasteiger partial charge in [-0.15, -0.1) is 0 Å². The van der Waals surface area contributed by atoms with Crippen LogP contribution in [0, 0.1) is 0 Å². The predicted molar refractivity (Wildman–Crippen MR) is 112 cm³/mol. The van der Waals surface area contributed by atoms with Crippen LogP contribution in [0.15, 0.2) is 48.5 Å². The molecule has 0 bridgehead atoms. The Hall–Kier alpha value is -2.34. The molecule has 2 amide bonds. The Balaban J connectivity index is 1.65. The van der Waals surface area contributed by atoms with Gasteiger partial charge in [0.25, 0.3) is 5.91 Å². The second-order valence-electron chi connectivity index (χ2n) is 6.36. The smallest absolute Gasteiger partial charge is 0.253 e. The summed E-state index contributed by atoms with van der Waals surface area (Å²) in [5.74, 6) is -0.635. The van der Waals surface area contributed by atoms with Crippen LogP contribution in [0.4, 0.5) is 5.69 Å². The topological polar surface area (TPSA) is 67.4 Å². The molecule has 0 radical (unpaired) electrons. The number of hydrogen-bond donors (Lipinski definition) is 2. The number of nitrogens with one attached hydrogen (secondary N) is 2. The number of benzene rings is 2. The van der Waals surface area contributed by atoms with E-state index in [2.05, 4.69) is 10.6 Å². The number of ether oxygens (including phenoxy) is 1. The van der Waals surface area contributed by atoms with Crippen LogP contribution in [0.3, 0.4) is 0 Å². The molecule has 7 heteroatoms. The van der Waals surface area contributed by atoms with Crippen LogP contribution < -0.4 is 10.6 Å². The zero-order chi connectivity index (χ0) is 19.9. The van der Waals surface area contributed by atoms with E-state index in [1.54, 1.807) is 48.5 Å². The van der Waals surface area contributed by atoms with E-state index in [-0.39, 0.29) is 17.9 Å². The van der Waals surface area contributed by atoms with E-state index in [1.165, 1.54) is 6.08 Å². The van der Waals surface area contributed by atoms with E-state index < -0.39 is 0 Å². The number of amides is 2.